The fraction of sp³-hybridized carbons (Fsp3) is 0.318. The number of carbonyl (C=O) groups is 1. The number of piperidine rings is 1. The number of likely N-dealkylation sites (tertiary alicyclic amines) is 1. The Balaban J connectivity index is 1.70. The first kappa shape index (κ1) is 18.4. The minimum absolute atomic E-state index is 0.0755. The molecule has 0 unspecified atom stereocenters. The molecule has 1 fully saturated rings. The predicted octanol–water partition coefficient (Wildman–Crippen LogP) is 3.58. The van der Waals surface area contributed by atoms with Crippen LogP contribution in [0.2, 0.25) is 0 Å². The third-order valence-corrected chi connectivity index (χ3v) is 5.43. The highest BCUT2D eigenvalue weighted by Gasteiger charge is 2.39. The summed E-state index contributed by atoms with van der Waals surface area (Å²) in [6.45, 7) is 2.44. The van der Waals surface area contributed by atoms with Crippen LogP contribution in [0.3, 0.4) is 0 Å². The molecule has 1 aliphatic rings. The second-order valence-corrected chi connectivity index (χ2v) is 7.28. The van der Waals surface area contributed by atoms with E-state index in [1.165, 1.54) is 12.1 Å². The van der Waals surface area contributed by atoms with Gasteiger partial charge in [0.05, 0.1) is 19.2 Å². The number of hydrogen-bond donors (Lipinski definition) is 2. The van der Waals surface area contributed by atoms with Crippen LogP contribution in [-0.4, -0.2) is 41.2 Å². The van der Waals surface area contributed by atoms with Crippen LogP contribution in [0.4, 0.5) is 0 Å². The molecule has 0 spiro atoms. The summed E-state index contributed by atoms with van der Waals surface area (Å²) in [6, 6.07) is 12.1. The Morgan fingerprint density at radius 1 is 1.25 bits per heavy atom. The molecule has 146 valence electrons. The monoisotopic (exact) mass is 381 g/mol. The molecule has 2 N–H and O–H groups in total. The van der Waals surface area contributed by atoms with Gasteiger partial charge in [0.1, 0.15) is 28.4 Å². The maximum Gasteiger partial charge on any atom is 0.258 e. The maximum atomic E-state index is 13.3. The number of rotatable bonds is 3. The second-order valence-electron chi connectivity index (χ2n) is 7.28. The molecule has 2 heterocycles. The highest BCUT2D eigenvalue weighted by molar-refractivity contribution is 6.07. The van der Waals surface area contributed by atoms with Crippen molar-refractivity contribution < 1.29 is 24.2 Å². The van der Waals surface area contributed by atoms with E-state index in [1.54, 1.807) is 25.0 Å². The van der Waals surface area contributed by atoms with Crippen molar-refractivity contribution in [2.45, 2.75) is 25.4 Å². The first-order chi connectivity index (χ1) is 13.4. The number of hydrogen-bond acceptors (Lipinski definition) is 5. The summed E-state index contributed by atoms with van der Waals surface area (Å²) in [5, 5.41) is 21.8. The molecule has 1 aromatic heterocycles. The van der Waals surface area contributed by atoms with Gasteiger partial charge in [-0.3, -0.25) is 4.79 Å². The molecule has 3 aromatic rings. The van der Waals surface area contributed by atoms with E-state index in [-0.39, 0.29) is 18.2 Å². The van der Waals surface area contributed by atoms with Crippen molar-refractivity contribution in [3.8, 4) is 11.5 Å². The number of benzene rings is 2. The average molecular weight is 381 g/mol. The van der Waals surface area contributed by atoms with Crippen LogP contribution in [0.5, 0.6) is 11.5 Å². The standard InChI is InChI=1S/C22H23NO5/c1-14-20(16-12-15(24)8-9-18(16)28-14)21(25)23-11-5-10-22(26,13-23)17-6-3-4-7-19(17)27-2/h3-4,6-9,12,24,26H,5,10-11,13H2,1-2H3/t22-/m1/s1. The van der Waals surface area contributed by atoms with Gasteiger partial charge in [-0.05, 0) is 44.0 Å². The number of amides is 1. The molecule has 0 radical (unpaired) electrons. The van der Waals surface area contributed by atoms with Gasteiger partial charge in [-0.1, -0.05) is 18.2 Å². The first-order valence-corrected chi connectivity index (χ1v) is 9.30. The number of aliphatic hydroxyl groups is 1. The number of aromatic hydroxyl groups is 1. The van der Waals surface area contributed by atoms with Gasteiger partial charge in [-0.15, -0.1) is 0 Å². The summed E-state index contributed by atoms with van der Waals surface area (Å²) in [7, 11) is 1.57. The van der Waals surface area contributed by atoms with E-state index >= 15 is 0 Å². The second kappa shape index (κ2) is 6.87. The number of aryl methyl sites for hydroxylation is 1. The molecule has 2 aromatic carbocycles. The molecule has 6 nitrogen and oxygen atoms in total. The zero-order valence-electron chi connectivity index (χ0n) is 15.9. The number of methoxy groups -OCH3 is 1. The van der Waals surface area contributed by atoms with E-state index in [0.717, 1.165) is 0 Å². The van der Waals surface area contributed by atoms with Gasteiger partial charge in [0.25, 0.3) is 5.91 Å². The summed E-state index contributed by atoms with van der Waals surface area (Å²) >= 11 is 0. The Kier molecular flexibility index (Phi) is 4.51. The average Bonchev–Trinajstić information content (AvgIpc) is 3.02. The van der Waals surface area contributed by atoms with Gasteiger partial charge in [-0.25, -0.2) is 0 Å². The summed E-state index contributed by atoms with van der Waals surface area (Å²) in [5.74, 6) is 0.965. The van der Waals surface area contributed by atoms with Crippen LogP contribution < -0.4 is 4.74 Å². The lowest BCUT2D eigenvalue weighted by atomic mass is 9.85. The van der Waals surface area contributed by atoms with Crippen molar-refractivity contribution in [3.05, 3.63) is 59.4 Å². The highest BCUT2D eigenvalue weighted by Crippen LogP contribution is 2.38. The van der Waals surface area contributed by atoms with Gasteiger partial charge in [0, 0.05) is 17.5 Å². The van der Waals surface area contributed by atoms with Crippen molar-refractivity contribution in [3.63, 3.8) is 0 Å². The fourth-order valence-electron chi connectivity index (χ4n) is 4.09. The maximum absolute atomic E-state index is 13.3. The highest BCUT2D eigenvalue weighted by atomic mass is 16.5. The Morgan fingerprint density at radius 2 is 2.04 bits per heavy atom. The van der Waals surface area contributed by atoms with E-state index in [2.05, 4.69) is 0 Å². The third-order valence-electron chi connectivity index (χ3n) is 5.43. The molecular formula is C22H23NO5. The van der Waals surface area contributed by atoms with Gasteiger partial charge < -0.3 is 24.3 Å². The summed E-state index contributed by atoms with van der Waals surface area (Å²) in [6.07, 6.45) is 1.21. The number of β-amino-alcohol motifs (C(OH)–C–C–N with tert-alkyl or cyclic N) is 1. The molecule has 0 aliphatic carbocycles. The first-order valence-electron chi connectivity index (χ1n) is 9.30. The molecule has 0 saturated carbocycles. The number of carbonyl (C=O) groups excluding carboxylic acids is 1. The van der Waals surface area contributed by atoms with Gasteiger partial charge >= 0.3 is 0 Å². The van der Waals surface area contributed by atoms with E-state index in [9.17, 15) is 15.0 Å². The minimum atomic E-state index is -1.18. The molecule has 0 bridgehead atoms. The predicted molar refractivity (Wildman–Crippen MR) is 105 cm³/mol. The molecule has 1 atom stereocenters. The van der Waals surface area contributed by atoms with Crippen LogP contribution in [0.1, 0.15) is 34.5 Å². The van der Waals surface area contributed by atoms with E-state index in [4.69, 9.17) is 9.15 Å². The van der Waals surface area contributed by atoms with Crippen LogP contribution in [0.15, 0.2) is 46.9 Å². The number of furan rings is 1. The van der Waals surface area contributed by atoms with E-state index < -0.39 is 5.60 Å². The van der Waals surface area contributed by atoms with Crippen molar-refractivity contribution >= 4 is 16.9 Å². The molecular weight excluding hydrogens is 358 g/mol. The van der Waals surface area contributed by atoms with Crippen molar-refractivity contribution in [2.75, 3.05) is 20.2 Å². The molecule has 28 heavy (non-hydrogen) atoms. The van der Waals surface area contributed by atoms with Crippen molar-refractivity contribution in [1.29, 1.82) is 0 Å². The number of phenolic OH excluding ortho intramolecular Hbond substituents is 1. The quantitative estimate of drug-likeness (QED) is 0.725. The van der Waals surface area contributed by atoms with Gasteiger partial charge in [0.15, 0.2) is 0 Å². The molecule has 6 heteroatoms. The summed E-state index contributed by atoms with van der Waals surface area (Å²) in [4.78, 5) is 15.0. The van der Waals surface area contributed by atoms with Crippen molar-refractivity contribution in [1.82, 2.24) is 4.90 Å². The molecule has 1 aliphatic heterocycles. The van der Waals surface area contributed by atoms with Gasteiger partial charge in [-0.2, -0.15) is 0 Å². The number of nitrogens with zero attached hydrogens (tertiary/aromatic N) is 1. The van der Waals surface area contributed by atoms with Crippen LogP contribution in [-0.2, 0) is 5.60 Å². The Morgan fingerprint density at radius 3 is 2.82 bits per heavy atom. The minimum Gasteiger partial charge on any atom is -0.508 e. The Labute approximate surface area is 163 Å². The van der Waals surface area contributed by atoms with E-state index in [0.29, 0.717) is 53.0 Å². The lowest BCUT2D eigenvalue weighted by Crippen LogP contribution is -2.48. The fourth-order valence-corrected chi connectivity index (χ4v) is 4.09. The summed E-state index contributed by atoms with van der Waals surface area (Å²) < 4.78 is 11.1. The number of para-hydroxylation sites is 1. The topological polar surface area (TPSA) is 83.1 Å². The molecule has 1 saturated heterocycles. The van der Waals surface area contributed by atoms with Crippen LogP contribution >= 0.6 is 0 Å². The Hall–Kier alpha value is -2.99. The Bertz CT molecular complexity index is 1040. The van der Waals surface area contributed by atoms with Gasteiger partial charge in [0.2, 0.25) is 0 Å². The number of fused-ring (bicyclic) bond motifs is 1. The largest absolute Gasteiger partial charge is 0.508 e. The smallest absolute Gasteiger partial charge is 0.258 e. The van der Waals surface area contributed by atoms with E-state index in [1.807, 2.05) is 24.3 Å². The van der Waals surface area contributed by atoms with Crippen LogP contribution in [0.25, 0.3) is 11.0 Å². The molecule has 1 amide bonds. The SMILES string of the molecule is COc1ccccc1[C@@]1(O)CCCN(C(=O)c2c(C)oc3ccc(O)cc23)C1. The zero-order chi connectivity index (χ0) is 19.9. The zero-order valence-corrected chi connectivity index (χ0v) is 15.9. The number of phenols is 1. The third kappa shape index (κ3) is 2.99. The molecule has 4 rings (SSSR count). The lowest BCUT2D eigenvalue weighted by Gasteiger charge is -2.40. The van der Waals surface area contributed by atoms with Crippen LogP contribution in [0, 0.1) is 6.92 Å². The van der Waals surface area contributed by atoms with Crippen molar-refractivity contribution in [2.24, 2.45) is 0 Å². The summed E-state index contributed by atoms with van der Waals surface area (Å²) in [5.41, 5.74) is 0.475. The number of ether oxygens (including phenoxy) is 1. The lowest BCUT2D eigenvalue weighted by molar-refractivity contribution is -0.0303. The normalized spacial score (nSPS) is 19.8.